The van der Waals surface area contributed by atoms with Gasteiger partial charge in [0.05, 0.1) is 0 Å². The summed E-state index contributed by atoms with van der Waals surface area (Å²) in [6.45, 7) is 0. The number of benzene rings is 2. The van der Waals surface area contributed by atoms with Gasteiger partial charge in [-0.2, -0.15) is 0 Å². The molecule has 0 bridgehead atoms. The third kappa shape index (κ3) is 2.22. The molecule has 0 spiro atoms. The molecule has 2 N–H and O–H groups in total. The van der Waals surface area contributed by atoms with E-state index in [1.807, 2.05) is 18.2 Å². The maximum absolute atomic E-state index is 11.0. The van der Waals surface area contributed by atoms with E-state index in [9.17, 15) is 14.7 Å². The number of carbonyl (C=O) groups is 2. The number of aliphatic carboxylic acids is 1. The number of carboxylic acids is 1. The zero-order valence-electron chi connectivity index (χ0n) is 9.33. The van der Waals surface area contributed by atoms with Crippen LogP contribution < -0.4 is 0 Å². The van der Waals surface area contributed by atoms with Gasteiger partial charge in [0.1, 0.15) is 5.76 Å². The Kier molecular flexibility index (Phi) is 3.10. The van der Waals surface area contributed by atoms with Crippen LogP contribution in [0.2, 0.25) is 0 Å². The van der Waals surface area contributed by atoms with Crippen LogP contribution in [0, 0.1) is 0 Å². The zero-order valence-corrected chi connectivity index (χ0v) is 9.33. The Labute approximate surface area is 103 Å². The number of aliphatic hydroxyl groups excluding tert-OH is 1. The Morgan fingerprint density at radius 1 is 0.944 bits per heavy atom. The summed E-state index contributed by atoms with van der Waals surface area (Å²) in [6.07, 6.45) is 0.712. The third-order valence-corrected chi connectivity index (χ3v) is 2.54. The number of ketones is 1. The smallest absolute Gasteiger partial charge is 0.376 e. The molecule has 0 radical (unpaired) electrons. The number of hydrogen-bond acceptors (Lipinski definition) is 3. The van der Waals surface area contributed by atoms with E-state index < -0.39 is 11.8 Å². The van der Waals surface area contributed by atoms with Crippen molar-refractivity contribution in [3.63, 3.8) is 0 Å². The van der Waals surface area contributed by atoms with Gasteiger partial charge in [-0.25, -0.2) is 4.79 Å². The van der Waals surface area contributed by atoms with Crippen molar-refractivity contribution < 1.29 is 19.8 Å². The Bertz CT molecular complexity index is 650. The Morgan fingerprint density at radius 3 is 2.33 bits per heavy atom. The first-order chi connectivity index (χ1) is 8.59. The monoisotopic (exact) mass is 242 g/mol. The van der Waals surface area contributed by atoms with Gasteiger partial charge in [-0.3, -0.25) is 4.79 Å². The van der Waals surface area contributed by atoms with Crippen LogP contribution in [0.25, 0.3) is 16.5 Å². The van der Waals surface area contributed by atoms with Crippen molar-refractivity contribution in [2.75, 3.05) is 0 Å². The molecule has 0 aromatic heterocycles. The van der Waals surface area contributed by atoms with E-state index in [0.717, 1.165) is 10.8 Å². The first kappa shape index (κ1) is 11.9. The van der Waals surface area contributed by atoms with Gasteiger partial charge in [0.15, 0.2) is 0 Å². The van der Waals surface area contributed by atoms with Crippen LogP contribution in [0.15, 0.2) is 48.5 Å². The molecule has 2 aromatic rings. The molecule has 0 fully saturated rings. The first-order valence-corrected chi connectivity index (χ1v) is 5.25. The number of carboxylic acid groups (broad SMARTS) is 1. The van der Waals surface area contributed by atoms with Gasteiger partial charge in [-0.1, -0.05) is 42.5 Å². The van der Waals surface area contributed by atoms with Gasteiger partial charge in [0.25, 0.3) is 5.78 Å². The molecule has 0 saturated carbocycles. The average Bonchev–Trinajstić information content (AvgIpc) is 2.37. The summed E-state index contributed by atoms with van der Waals surface area (Å²) >= 11 is 0. The highest BCUT2D eigenvalue weighted by molar-refractivity contribution is 6.38. The van der Waals surface area contributed by atoms with Gasteiger partial charge in [-0.05, 0) is 10.8 Å². The number of rotatable bonds is 3. The van der Waals surface area contributed by atoms with Gasteiger partial charge in [0.2, 0.25) is 0 Å². The molecule has 18 heavy (non-hydrogen) atoms. The number of aliphatic hydroxyl groups is 1. The third-order valence-electron chi connectivity index (χ3n) is 2.54. The summed E-state index contributed by atoms with van der Waals surface area (Å²) in [6, 6.07) is 12.5. The Hall–Kier alpha value is -2.62. The van der Waals surface area contributed by atoms with Crippen LogP contribution in [-0.2, 0) is 9.59 Å². The van der Waals surface area contributed by atoms with E-state index in [1.165, 1.54) is 0 Å². The van der Waals surface area contributed by atoms with Crippen molar-refractivity contribution in [2.45, 2.75) is 0 Å². The largest absolute Gasteiger partial charge is 0.507 e. The topological polar surface area (TPSA) is 74.6 Å². The van der Waals surface area contributed by atoms with E-state index in [4.69, 9.17) is 5.11 Å². The summed E-state index contributed by atoms with van der Waals surface area (Å²) in [4.78, 5) is 21.5. The highest BCUT2D eigenvalue weighted by atomic mass is 16.4. The van der Waals surface area contributed by atoms with Crippen LogP contribution in [-0.4, -0.2) is 22.0 Å². The Morgan fingerprint density at radius 2 is 1.61 bits per heavy atom. The van der Waals surface area contributed by atoms with E-state index in [1.54, 1.807) is 24.3 Å². The molecule has 0 saturated heterocycles. The molecule has 0 amide bonds. The van der Waals surface area contributed by atoms with Gasteiger partial charge in [-0.15, -0.1) is 0 Å². The molecular formula is C14H10O4. The lowest BCUT2D eigenvalue weighted by molar-refractivity contribution is -0.146. The van der Waals surface area contributed by atoms with Crippen LogP contribution in [0.3, 0.4) is 0 Å². The van der Waals surface area contributed by atoms with E-state index in [2.05, 4.69) is 0 Å². The quantitative estimate of drug-likeness (QED) is 0.492. The molecule has 4 heteroatoms. The highest BCUT2D eigenvalue weighted by Gasteiger charge is 2.11. The molecule has 0 atom stereocenters. The minimum atomic E-state index is -1.60. The predicted octanol–water partition coefficient (Wildman–Crippen LogP) is 2.39. The molecule has 0 aliphatic carbocycles. The van der Waals surface area contributed by atoms with Crippen molar-refractivity contribution in [3.8, 4) is 0 Å². The zero-order chi connectivity index (χ0) is 13.1. The maximum atomic E-state index is 11.0. The molecule has 0 aliphatic rings. The molecule has 90 valence electrons. The standard InChI is InChI=1S/C14H10O4/c15-12(8-13(16)14(17)18)11-7-3-5-9-4-1-2-6-10(9)11/h1-8,15H,(H,17,18)/b12-8+. The van der Waals surface area contributed by atoms with E-state index in [0.29, 0.717) is 11.6 Å². The summed E-state index contributed by atoms with van der Waals surface area (Å²) < 4.78 is 0. The van der Waals surface area contributed by atoms with E-state index in [-0.39, 0.29) is 5.76 Å². The SMILES string of the molecule is O=C(O)C(=O)/C=C(/O)c1cccc2ccccc12. The van der Waals surface area contributed by atoms with Crippen LogP contribution in [0.5, 0.6) is 0 Å². The number of hydrogen-bond donors (Lipinski definition) is 2. The summed E-state index contributed by atoms with van der Waals surface area (Å²) in [7, 11) is 0. The Balaban J connectivity index is 2.55. The lowest BCUT2D eigenvalue weighted by atomic mass is 10.0. The summed E-state index contributed by atoms with van der Waals surface area (Å²) in [5.74, 6) is -3.10. The maximum Gasteiger partial charge on any atom is 0.376 e. The van der Waals surface area contributed by atoms with Crippen molar-refractivity contribution in [1.82, 2.24) is 0 Å². The second kappa shape index (κ2) is 4.71. The average molecular weight is 242 g/mol. The number of carbonyl (C=O) groups excluding carboxylic acids is 1. The van der Waals surface area contributed by atoms with Crippen LogP contribution in [0.4, 0.5) is 0 Å². The summed E-state index contributed by atoms with van der Waals surface area (Å²) in [5, 5.41) is 20.0. The van der Waals surface area contributed by atoms with E-state index >= 15 is 0 Å². The minimum absolute atomic E-state index is 0.348. The lowest BCUT2D eigenvalue weighted by Gasteiger charge is -2.05. The molecular weight excluding hydrogens is 232 g/mol. The van der Waals surface area contributed by atoms with Crippen molar-refractivity contribution >= 4 is 28.3 Å². The normalized spacial score (nSPS) is 11.4. The highest BCUT2D eigenvalue weighted by Crippen LogP contribution is 2.23. The van der Waals surface area contributed by atoms with Crippen molar-refractivity contribution in [3.05, 3.63) is 54.1 Å². The molecule has 0 heterocycles. The minimum Gasteiger partial charge on any atom is -0.507 e. The van der Waals surface area contributed by atoms with Crippen molar-refractivity contribution in [2.24, 2.45) is 0 Å². The van der Waals surface area contributed by atoms with Crippen LogP contribution in [0.1, 0.15) is 5.56 Å². The molecule has 4 nitrogen and oxygen atoms in total. The lowest BCUT2D eigenvalue weighted by Crippen LogP contribution is -2.09. The fraction of sp³-hybridized carbons (Fsp3) is 0. The summed E-state index contributed by atoms with van der Waals surface area (Å²) in [5.41, 5.74) is 0.433. The van der Waals surface area contributed by atoms with Crippen LogP contribution >= 0.6 is 0 Å². The van der Waals surface area contributed by atoms with Gasteiger partial charge >= 0.3 is 5.97 Å². The predicted molar refractivity (Wildman–Crippen MR) is 67.2 cm³/mol. The first-order valence-electron chi connectivity index (χ1n) is 5.25. The second-order valence-electron chi connectivity index (χ2n) is 3.73. The van der Waals surface area contributed by atoms with Crippen molar-refractivity contribution in [1.29, 1.82) is 0 Å². The molecule has 2 rings (SSSR count). The number of fused-ring (bicyclic) bond motifs is 1. The van der Waals surface area contributed by atoms with Gasteiger partial charge in [0, 0.05) is 11.6 Å². The fourth-order valence-electron chi connectivity index (χ4n) is 1.71. The molecule has 2 aromatic carbocycles. The second-order valence-corrected chi connectivity index (χ2v) is 3.73. The fourth-order valence-corrected chi connectivity index (χ4v) is 1.71. The van der Waals surface area contributed by atoms with Gasteiger partial charge < -0.3 is 10.2 Å². The molecule has 0 unspecified atom stereocenters. The molecule has 0 aliphatic heterocycles.